The Morgan fingerprint density at radius 3 is 2.46 bits per heavy atom. The molecule has 0 aliphatic rings. The Balaban J connectivity index is 3.06. The number of aliphatic carboxylic acids is 1. The number of hydrogen-bond acceptors (Lipinski definition) is 2. The van der Waals surface area contributed by atoms with E-state index in [0.717, 1.165) is 6.42 Å². The smallest absolute Gasteiger partial charge is 0.0452 e. The fraction of sp³-hybridized carbons (Fsp3) is 0.727. The summed E-state index contributed by atoms with van der Waals surface area (Å²) in [6, 6.07) is 0. The molecule has 0 saturated heterocycles. The molecule has 0 aliphatic carbocycles. The molecule has 0 radical (unpaired) electrons. The van der Waals surface area contributed by atoms with Gasteiger partial charge in [-0.3, -0.25) is 0 Å². The zero-order chi connectivity index (χ0) is 9.94. The third-order valence-corrected chi connectivity index (χ3v) is 1.93. The van der Waals surface area contributed by atoms with Crippen molar-refractivity contribution in [2.24, 2.45) is 0 Å². The number of allylic oxidation sites excluding steroid dienone is 1. The Bertz CT molecular complexity index is 150. The van der Waals surface area contributed by atoms with Gasteiger partial charge < -0.3 is 9.90 Å². The van der Waals surface area contributed by atoms with Gasteiger partial charge in [0, 0.05) is 12.4 Å². The number of carboxylic acid groups (broad SMARTS) is 1. The van der Waals surface area contributed by atoms with E-state index in [1.165, 1.54) is 32.1 Å². The van der Waals surface area contributed by atoms with E-state index in [2.05, 4.69) is 6.92 Å². The average Bonchev–Trinajstić information content (AvgIpc) is 2.09. The van der Waals surface area contributed by atoms with Gasteiger partial charge in [0.2, 0.25) is 0 Å². The molecular weight excluding hydrogens is 164 g/mol. The first kappa shape index (κ1) is 12.2. The molecule has 0 amide bonds. The zero-order valence-electron chi connectivity index (χ0n) is 8.42. The molecule has 2 nitrogen and oxygen atoms in total. The summed E-state index contributed by atoms with van der Waals surface area (Å²) >= 11 is 0. The monoisotopic (exact) mass is 183 g/mol. The number of carboxylic acids is 1. The summed E-state index contributed by atoms with van der Waals surface area (Å²) < 4.78 is 0. The van der Waals surface area contributed by atoms with E-state index in [-0.39, 0.29) is 6.42 Å². The predicted molar refractivity (Wildman–Crippen MR) is 52.1 cm³/mol. The molecule has 0 saturated carbocycles. The first-order chi connectivity index (χ1) is 6.27. The Morgan fingerprint density at radius 1 is 1.15 bits per heavy atom. The molecule has 2 heteroatoms. The largest absolute Gasteiger partial charge is 0.550 e. The van der Waals surface area contributed by atoms with Gasteiger partial charge in [0.1, 0.15) is 0 Å². The molecule has 0 bridgehead atoms. The van der Waals surface area contributed by atoms with Crippen LogP contribution in [0.2, 0.25) is 0 Å². The van der Waals surface area contributed by atoms with Crippen LogP contribution in [0, 0.1) is 0 Å². The second kappa shape index (κ2) is 9.30. The molecule has 0 aromatic carbocycles. The second-order valence-corrected chi connectivity index (χ2v) is 3.25. The van der Waals surface area contributed by atoms with Crippen LogP contribution in [-0.2, 0) is 4.79 Å². The van der Waals surface area contributed by atoms with E-state index in [0.29, 0.717) is 0 Å². The van der Waals surface area contributed by atoms with Crippen LogP contribution in [0.3, 0.4) is 0 Å². The molecule has 0 heterocycles. The molecule has 0 atom stereocenters. The van der Waals surface area contributed by atoms with Crippen LogP contribution < -0.4 is 5.11 Å². The molecule has 0 fully saturated rings. The third-order valence-electron chi connectivity index (χ3n) is 1.93. The van der Waals surface area contributed by atoms with Crippen molar-refractivity contribution in [3.8, 4) is 0 Å². The standard InChI is InChI=1S/C11H20O2/c1-2-3-4-5-6-7-8-9-10-11(12)13/h8-9H,2-7,10H2,1H3,(H,12,13)/p-1. The summed E-state index contributed by atoms with van der Waals surface area (Å²) in [5.41, 5.74) is 0. The summed E-state index contributed by atoms with van der Waals surface area (Å²) in [6.45, 7) is 2.19. The lowest BCUT2D eigenvalue weighted by molar-refractivity contribution is -0.304. The molecular formula is C11H19O2-. The molecule has 13 heavy (non-hydrogen) atoms. The van der Waals surface area contributed by atoms with Gasteiger partial charge in [-0.15, -0.1) is 0 Å². The zero-order valence-corrected chi connectivity index (χ0v) is 8.42. The van der Waals surface area contributed by atoms with E-state index in [1.54, 1.807) is 6.08 Å². The fourth-order valence-electron chi connectivity index (χ4n) is 1.16. The Kier molecular flexibility index (Phi) is 8.73. The number of rotatable bonds is 8. The first-order valence-electron chi connectivity index (χ1n) is 5.12. The van der Waals surface area contributed by atoms with Gasteiger partial charge in [0.05, 0.1) is 0 Å². The normalized spacial score (nSPS) is 10.8. The number of hydrogen-bond donors (Lipinski definition) is 0. The highest BCUT2D eigenvalue weighted by atomic mass is 16.4. The molecule has 0 N–H and O–H groups in total. The van der Waals surface area contributed by atoms with Crippen LogP contribution in [-0.4, -0.2) is 5.97 Å². The molecule has 0 unspecified atom stereocenters. The van der Waals surface area contributed by atoms with Crippen molar-refractivity contribution in [3.05, 3.63) is 12.2 Å². The summed E-state index contributed by atoms with van der Waals surface area (Å²) in [7, 11) is 0. The lowest BCUT2D eigenvalue weighted by Crippen LogP contribution is -2.20. The lowest BCUT2D eigenvalue weighted by atomic mass is 10.1. The van der Waals surface area contributed by atoms with Gasteiger partial charge >= 0.3 is 0 Å². The van der Waals surface area contributed by atoms with Crippen molar-refractivity contribution in [1.29, 1.82) is 0 Å². The van der Waals surface area contributed by atoms with Crippen LogP contribution in [0.25, 0.3) is 0 Å². The maximum atomic E-state index is 10.0. The van der Waals surface area contributed by atoms with Crippen molar-refractivity contribution >= 4 is 5.97 Å². The Morgan fingerprint density at radius 2 is 1.85 bits per heavy atom. The van der Waals surface area contributed by atoms with Crippen LogP contribution in [0.4, 0.5) is 0 Å². The fourth-order valence-corrected chi connectivity index (χ4v) is 1.16. The quantitative estimate of drug-likeness (QED) is 0.427. The summed E-state index contributed by atoms with van der Waals surface area (Å²) in [5.74, 6) is -0.998. The van der Waals surface area contributed by atoms with Crippen molar-refractivity contribution in [1.82, 2.24) is 0 Å². The highest BCUT2D eigenvalue weighted by Gasteiger charge is 1.86. The molecule has 0 spiro atoms. The molecule has 0 rings (SSSR count). The molecule has 0 aromatic rings. The minimum atomic E-state index is -0.998. The molecule has 0 aromatic heterocycles. The second-order valence-electron chi connectivity index (χ2n) is 3.25. The SMILES string of the molecule is CCCCCCCC=CCC(=O)[O-]. The van der Waals surface area contributed by atoms with E-state index < -0.39 is 5.97 Å². The van der Waals surface area contributed by atoms with Gasteiger partial charge in [-0.25, -0.2) is 0 Å². The summed E-state index contributed by atoms with van der Waals surface area (Å²) in [4.78, 5) is 10.0. The summed E-state index contributed by atoms with van der Waals surface area (Å²) in [6.07, 6.45) is 10.9. The maximum Gasteiger partial charge on any atom is 0.0452 e. The highest BCUT2D eigenvalue weighted by Crippen LogP contribution is 2.05. The van der Waals surface area contributed by atoms with Crippen molar-refractivity contribution in [2.75, 3.05) is 0 Å². The number of carbonyl (C=O) groups is 1. The van der Waals surface area contributed by atoms with Crippen LogP contribution >= 0.6 is 0 Å². The highest BCUT2D eigenvalue weighted by molar-refractivity contribution is 5.66. The van der Waals surface area contributed by atoms with Crippen LogP contribution in [0.5, 0.6) is 0 Å². The maximum absolute atomic E-state index is 10.0. The van der Waals surface area contributed by atoms with E-state index in [1.807, 2.05) is 6.08 Å². The Labute approximate surface area is 80.7 Å². The van der Waals surface area contributed by atoms with E-state index in [4.69, 9.17) is 0 Å². The molecule has 0 aliphatic heterocycles. The first-order valence-corrected chi connectivity index (χ1v) is 5.12. The Hall–Kier alpha value is -0.790. The third kappa shape index (κ3) is 11.2. The van der Waals surface area contributed by atoms with Crippen molar-refractivity contribution < 1.29 is 9.90 Å². The van der Waals surface area contributed by atoms with Gasteiger partial charge in [0.15, 0.2) is 0 Å². The van der Waals surface area contributed by atoms with Gasteiger partial charge in [-0.1, -0.05) is 44.8 Å². The van der Waals surface area contributed by atoms with Crippen molar-refractivity contribution in [3.63, 3.8) is 0 Å². The van der Waals surface area contributed by atoms with Gasteiger partial charge in [-0.05, 0) is 12.8 Å². The minimum absolute atomic E-state index is 0.0506. The van der Waals surface area contributed by atoms with E-state index >= 15 is 0 Å². The minimum Gasteiger partial charge on any atom is -0.550 e. The van der Waals surface area contributed by atoms with Crippen LogP contribution in [0.15, 0.2) is 12.2 Å². The van der Waals surface area contributed by atoms with E-state index in [9.17, 15) is 9.90 Å². The van der Waals surface area contributed by atoms with Gasteiger partial charge in [0.25, 0.3) is 0 Å². The van der Waals surface area contributed by atoms with Crippen molar-refractivity contribution in [2.45, 2.75) is 51.9 Å². The number of carbonyl (C=O) groups excluding carboxylic acids is 1. The molecule has 76 valence electrons. The number of unbranched alkanes of at least 4 members (excludes halogenated alkanes) is 5. The lowest BCUT2D eigenvalue weighted by Gasteiger charge is -1.96. The predicted octanol–water partition coefficient (Wildman–Crippen LogP) is 2.04. The topological polar surface area (TPSA) is 40.1 Å². The van der Waals surface area contributed by atoms with Gasteiger partial charge in [-0.2, -0.15) is 0 Å². The average molecular weight is 183 g/mol. The van der Waals surface area contributed by atoms with Crippen LogP contribution in [0.1, 0.15) is 51.9 Å². The summed E-state index contributed by atoms with van der Waals surface area (Å²) in [5, 5.41) is 10.0.